The number of benzene rings is 2. The van der Waals surface area contributed by atoms with E-state index in [1.807, 2.05) is 54.6 Å². The van der Waals surface area contributed by atoms with Gasteiger partial charge in [-0.15, -0.1) is 0 Å². The molecule has 1 aliphatic rings. The molecule has 2 aromatic rings. The van der Waals surface area contributed by atoms with Crippen molar-refractivity contribution in [1.29, 1.82) is 0 Å². The number of fused-ring (bicyclic) bond motifs is 1. The first-order valence-electron chi connectivity index (χ1n) is 7.35. The van der Waals surface area contributed by atoms with Crippen LogP contribution in [0, 0.1) is 17.8 Å². The second-order valence-corrected chi connectivity index (χ2v) is 5.21. The molecular formula is C19H17NO2. The molecular weight excluding hydrogens is 274 g/mol. The molecule has 2 aromatic carbocycles. The highest BCUT2D eigenvalue weighted by molar-refractivity contribution is 5.79. The van der Waals surface area contributed by atoms with Crippen LogP contribution in [0.25, 0.3) is 0 Å². The molecule has 3 nitrogen and oxygen atoms in total. The minimum atomic E-state index is -0.145. The Bertz CT molecular complexity index is 713. The van der Waals surface area contributed by atoms with Gasteiger partial charge >= 0.3 is 0 Å². The van der Waals surface area contributed by atoms with Crippen molar-refractivity contribution in [2.75, 3.05) is 13.2 Å². The van der Waals surface area contributed by atoms with Gasteiger partial charge in [0.2, 0.25) is 5.91 Å². The molecule has 0 radical (unpaired) electrons. The van der Waals surface area contributed by atoms with Gasteiger partial charge in [0, 0.05) is 5.56 Å². The van der Waals surface area contributed by atoms with Crippen LogP contribution < -0.4 is 10.1 Å². The zero-order valence-electron chi connectivity index (χ0n) is 12.2. The van der Waals surface area contributed by atoms with Gasteiger partial charge in [0.25, 0.3) is 0 Å². The molecule has 3 heteroatoms. The van der Waals surface area contributed by atoms with E-state index in [9.17, 15) is 4.79 Å². The maximum absolute atomic E-state index is 12.2. The molecule has 1 unspecified atom stereocenters. The fourth-order valence-electron chi connectivity index (χ4n) is 2.44. The number of carbonyl (C=O) groups is 1. The van der Waals surface area contributed by atoms with Gasteiger partial charge in [-0.2, -0.15) is 0 Å². The van der Waals surface area contributed by atoms with Gasteiger partial charge in [0.1, 0.15) is 12.4 Å². The van der Waals surface area contributed by atoms with Crippen molar-refractivity contribution in [3.8, 4) is 17.6 Å². The molecule has 0 aliphatic carbocycles. The minimum Gasteiger partial charge on any atom is -0.492 e. The Balaban J connectivity index is 1.52. The molecule has 0 bridgehead atoms. The Kier molecular flexibility index (Phi) is 4.41. The SMILES string of the molecule is O=C(NCC#Cc1ccccc1)C1COc2ccccc2C1. The summed E-state index contributed by atoms with van der Waals surface area (Å²) in [6, 6.07) is 17.6. The van der Waals surface area contributed by atoms with E-state index < -0.39 is 0 Å². The lowest BCUT2D eigenvalue weighted by Crippen LogP contribution is -2.37. The van der Waals surface area contributed by atoms with Crippen LogP contribution in [0.5, 0.6) is 5.75 Å². The van der Waals surface area contributed by atoms with Crippen LogP contribution in [0.4, 0.5) is 0 Å². The Hall–Kier alpha value is -2.73. The second-order valence-electron chi connectivity index (χ2n) is 5.21. The maximum atomic E-state index is 12.2. The third-order valence-electron chi connectivity index (χ3n) is 3.61. The van der Waals surface area contributed by atoms with Crippen molar-refractivity contribution in [2.45, 2.75) is 6.42 Å². The lowest BCUT2D eigenvalue weighted by atomic mass is 9.96. The summed E-state index contributed by atoms with van der Waals surface area (Å²) in [6.45, 7) is 0.779. The average molecular weight is 291 g/mol. The molecule has 1 heterocycles. The average Bonchev–Trinajstić information content (AvgIpc) is 2.59. The molecule has 1 amide bonds. The Morgan fingerprint density at radius 2 is 1.91 bits per heavy atom. The first-order valence-corrected chi connectivity index (χ1v) is 7.35. The van der Waals surface area contributed by atoms with Gasteiger partial charge in [-0.25, -0.2) is 0 Å². The highest BCUT2D eigenvalue weighted by Crippen LogP contribution is 2.26. The molecule has 1 atom stereocenters. The van der Waals surface area contributed by atoms with Gasteiger partial charge in [-0.1, -0.05) is 48.2 Å². The summed E-state index contributed by atoms with van der Waals surface area (Å²) in [4.78, 5) is 12.2. The van der Waals surface area contributed by atoms with E-state index in [0.717, 1.165) is 16.9 Å². The molecule has 110 valence electrons. The van der Waals surface area contributed by atoms with Crippen LogP contribution in [-0.2, 0) is 11.2 Å². The first-order chi connectivity index (χ1) is 10.8. The predicted octanol–water partition coefficient (Wildman–Crippen LogP) is 2.41. The first kappa shape index (κ1) is 14.2. The molecule has 1 aliphatic heterocycles. The van der Waals surface area contributed by atoms with Crippen LogP contribution in [0.3, 0.4) is 0 Å². The van der Waals surface area contributed by atoms with Crippen molar-refractivity contribution in [3.05, 3.63) is 65.7 Å². The Morgan fingerprint density at radius 3 is 2.77 bits per heavy atom. The van der Waals surface area contributed by atoms with E-state index in [1.54, 1.807) is 0 Å². The monoisotopic (exact) mass is 291 g/mol. The van der Waals surface area contributed by atoms with E-state index in [2.05, 4.69) is 17.2 Å². The van der Waals surface area contributed by atoms with Crippen molar-refractivity contribution < 1.29 is 9.53 Å². The topological polar surface area (TPSA) is 38.3 Å². The smallest absolute Gasteiger partial charge is 0.227 e. The van der Waals surface area contributed by atoms with Crippen LogP contribution in [0.1, 0.15) is 11.1 Å². The fourth-order valence-corrected chi connectivity index (χ4v) is 2.44. The molecule has 0 saturated carbocycles. The molecule has 0 fully saturated rings. The summed E-state index contributed by atoms with van der Waals surface area (Å²) in [5.74, 6) is 6.73. The third-order valence-corrected chi connectivity index (χ3v) is 3.61. The second kappa shape index (κ2) is 6.82. The maximum Gasteiger partial charge on any atom is 0.227 e. The lowest BCUT2D eigenvalue weighted by molar-refractivity contribution is -0.126. The van der Waals surface area contributed by atoms with Crippen molar-refractivity contribution in [2.24, 2.45) is 5.92 Å². The highest BCUT2D eigenvalue weighted by atomic mass is 16.5. The largest absolute Gasteiger partial charge is 0.492 e. The summed E-state index contributed by atoms with van der Waals surface area (Å²) in [6.07, 6.45) is 0.716. The summed E-state index contributed by atoms with van der Waals surface area (Å²) in [5, 5.41) is 2.86. The van der Waals surface area contributed by atoms with Gasteiger partial charge in [0.15, 0.2) is 0 Å². The molecule has 0 saturated heterocycles. The van der Waals surface area contributed by atoms with Crippen molar-refractivity contribution >= 4 is 5.91 Å². The number of carbonyl (C=O) groups excluding carboxylic acids is 1. The Morgan fingerprint density at radius 1 is 1.14 bits per heavy atom. The number of amides is 1. The standard InChI is InChI=1S/C19H17NO2/c21-19(20-12-6-9-15-7-2-1-3-8-15)17-13-16-10-4-5-11-18(16)22-14-17/h1-5,7-8,10-11,17H,12-14H2,(H,20,21). The predicted molar refractivity (Wildman–Crippen MR) is 85.5 cm³/mol. The summed E-state index contributed by atoms with van der Waals surface area (Å²) in [5.41, 5.74) is 2.04. The van der Waals surface area contributed by atoms with E-state index in [4.69, 9.17) is 4.74 Å². The van der Waals surface area contributed by atoms with Crippen LogP contribution >= 0.6 is 0 Å². The molecule has 3 rings (SSSR count). The molecule has 1 N–H and O–H groups in total. The number of hydrogen-bond acceptors (Lipinski definition) is 2. The van der Waals surface area contributed by atoms with Crippen LogP contribution in [0.2, 0.25) is 0 Å². The van der Waals surface area contributed by atoms with E-state index in [-0.39, 0.29) is 11.8 Å². The minimum absolute atomic E-state index is 0.00290. The fraction of sp³-hybridized carbons (Fsp3) is 0.211. The van der Waals surface area contributed by atoms with E-state index in [1.165, 1.54) is 0 Å². The number of hydrogen-bond donors (Lipinski definition) is 1. The quantitative estimate of drug-likeness (QED) is 0.863. The summed E-state index contributed by atoms with van der Waals surface area (Å²) in [7, 11) is 0. The zero-order valence-corrected chi connectivity index (χ0v) is 12.2. The van der Waals surface area contributed by atoms with Gasteiger partial charge in [0.05, 0.1) is 12.5 Å². The third kappa shape index (κ3) is 3.48. The van der Waals surface area contributed by atoms with Crippen LogP contribution in [-0.4, -0.2) is 19.1 Å². The summed E-state index contributed by atoms with van der Waals surface area (Å²) < 4.78 is 5.64. The summed E-state index contributed by atoms with van der Waals surface area (Å²) >= 11 is 0. The molecule has 0 spiro atoms. The molecule has 22 heavy (non-hydrogen) atoms. The number of nitrogens with one attached hydrogen (secondary N) is 1. The van der Waals surface area contributed by atoms with Crippen molar-refractivity contribution in [3.63, 3.8) is 0 Å². The van der Waals surface area contributed by atoms with E-state index >= 15 is 0 Å². The number of rotatable bonds is 2. The van der Waals surface area contributed by atoms with Crippen LogP contribution in [0.15, 0.2) is 54.6 Å². The number of para-hydroxylation sites is 1. The molecule has 0 aromatic heterocycles. The highest BCUT2D eigenvalue weighted by Gasteiger charge is 2.25. The zero-order chi connectivity index (χ0) is 15.2. The normalized spacial score (nSPS) is 15.7. The Labute approximate surface area is 130 Å². The van der Waals surface area contributed by atoms with E-state index in [0.29, 0.717) is 19.6 Å². The van der Waals surface area contributed by atoms with Gasteiger partial charge in [-0.05, 0) is 30.2 Å². The van der Waals surface area contributed by atoms with Gasteiger partial charge in [-0.3, -0.25) is 4.79 Å². The van der Waals surface area contributed by atoms with Gasteiger partial charge < -0.3 is 10.1 Å². The number of ether oxygens (including phenoxy) is 1. The van der Waals surface area contributed by atoms with Crippen molar-refractivity contribution in [1.82, 2.24) is 5.32 Å². The lowest BCUT2D eigenvalue weighted by Gasteiger charge is -2.24.